The van der Waals surface area contributed by atoms with Crippen LogP contribution in [0.2, 0.25) is 0 Å². The number of para-hydroxylation sites is 1. The Hall–Kier alpha value is -2.02. The summed E-state index contributed by atoms with van der Waals surface area (Å²) < 4.78 is 40.6. The van der Waals surface area contributed by atoms with Gasteiger partial charge in [0.15, 0.2) is 6.29 Å². The van der Waals surface area contributed by atoms with Crippen LogP contribution >= 0.6 is 0 Å². The smallest absolute Gasteiger partial charge is 0.387 e. The van der Waals surface area contributed by atoms with E-state index in [-0.39, 0.29) is 18.1 Å². The lowest BCUT2D eigenvalue weighted by Crippen LogP contribution is -2.19. The molecule has 0 aliphatic carbocycles. The van der Waals surface area contributed by atoms with Crippen LogP contribution in [-0.2, 0) is 16.0 Å². The first-order valence-electron chi connectivity index (χ1n) is 8.22. The van der Waals surface area contributed by atoms with Gasteiger partial charge in [-0.15, -0.1) is 0 Å². The summed E-state index contributed by atoms with van der Waals surface area (Å²) in [7, 11) is 0. The summed E-state index contributed by atoms with van der Waals surface area (Å²) in [6, 6.07) is 14.7. The molecule has 2 aromatic carbocycles. The summed E-state index contributed by atoms with van der Waals surface area (Å²) in [4.78, 5) is 0. The maximum Gasteiger partial charge on any atom is 0.387 e. The van der Waals surface area contributed by atoms with Crippen LogP contribution in [-0.4, -0.2) is 19.8 Å². The minimum Gasteiger partial charge on any atom is -0.434 e. The fourth-order valence-electron chi connectivity index (χ4n) is 2.77. The van der Waals surface area contributed by atoms with Crippen molar-refractivity contribution in [2.45, 2.75) is 32.4 Å². The van der Waals surface area contributed by atoms with Gasteiger partial charge in [-0.25, -0.2) is 0 Å². The number of alkyl halides is 2. The SMILES string of the molecule is C[C@@H](NCc1ccc(C2OCCO2)cc1)c1ccccc1OC(F)F. The molecular weight excluding hydrogens is 328 g/mol. The van der Waals surface area contributed by atoms with Gasteiger partial charge in [-0.1, -0.05) is 42.5 Å². The van der Waals surface area contributed by atoms with E-state index >= 15 is 0 Å². The molecule has 2 aromatic rings. The minimum absolute atomic E-state index is 0.129. The van der Waals surface area contributed by atoms with Gasteiger partial charge in [0.1, 0.15) is 5.75 Å². The van der Waals surface area contributed by atoms with Crippen molar-refractivity contribution in [3.05, 3.63) is 65.2 Å². The van der Waals surface area contributed by atoms with Crippen molar-refractivity contribution in [2.75, 3.05) is 13.2 Å². The second-order valence-corrected chi connectivity index (χ2v) is 5.83. The molecule has 0 bridgehead atoms. The lowest BCUT2D eigenvalue weighted by Gasteiger charge is -2.18. The number of ether oxygens (including phenoxy) is 3. The van der Waals surface area contributed by atoms with Crippen molar-refractivity contribution in [3.63, 3.8) is 0 Å². The summed E-state index contributed by atoms with van der Waals surface area (Å²) in [5.74, 6) is 0.198. The average molecular weight is 349 g/mol. The first-order valence-corrected chi connectivity index (χ1v) is 8.22. The van der Waals surface area contributed by atoms with E-state index in [1.54, 1.807) is 18.2 Å². The lowest BCUT2D eigenvalue weighted by atomic mass is 10.1. The fourth-order valence-corrected chi connectivity index (χ4v) is 2.77. The predicted octanol–water partition coefficient (Wildman–Crippen LogP) is 4.18. The Balaban J connectivity index is 1.59. The highest BCUT2D eigenvalue weighted by molar-refractivity contribution is 5.35. The normalized spacial score (nSPS) is 16.3. The molecule has 3 rings (SSSR count). The number of benzene rings is 2. The first kappa shape index (κ1) is 17.8. The fraction of sp³-hybridized carbons (Fsp3) is 0.368. The molecule has 0 unspecified atom stereocenters. The summed E-state index contributed by atoms with van der Waals surface area (Å²) in [6.45, 7) is 0.928. The van der Waals surface area contributed by atoms with E-state index in [1.807, 2.05) is 37.3 Å². The van der Waals surface area contributed by atoms with Crippen molar-refractivity contribution >= 4 is 0 Å². The van der Waals surface area contributed by atoms with Gasteiger partial charge in [0.25, 0.3) is 0 Å². The molecule has 1 fully saturated rings. The minimum atomic E-state index is -2.83. The summed E-state index contributed by atoms with van der Waals surface area (Å²) in [5.41, 5.74) is 2.78. The zero-order valence-corrected chi connectivity index (χ0v) is 14.0. The first-order chi connectivity index (χ1) is 12.1. The number of hydrogen-bond acceptors (Lipinski definition) is 4. The Labute approximate surface area is 145 Å². The van der Waals surface area contributed by atoms with Gasteiger partial charge in [0.05, 0.1) is 13.2 Å². The summed E-state index contributed by atoms with van der Waals surface area (Å²) in [5, 5.41) is 3.33. The molecule has 0 radical (unpaired) electrons. The third-order valence-electron chi connectivity index (χ3n) is 4.09. The molecule has 25 heavy (non-hydrogen) atoms. The third kappa shape index (κ3) is 4.75. The van der Waals surface area contributed by atoms with Crippen molar-refractivity contribution < 1.29 is 23.0 Å². The molecule has 1 saturated heterocycles. The maximum atomic E-state index is 12.5. The Morgan fingerprint density at radius 1 is 1.08 bits per heavy atom. The second-order valence-electron chi connectivity index (χ2n) is 5.83. The van der Waals surface area contributed by atoms with Gasteiger partial charge in [0, 0.05) is 23.7 Å². The van der Waals surface area contributed by atoms with E-state index < -0.39 is 6.61 Å². The molecule has 0 saturated carbocycles. The molecule has 1 aliphatic rings. The van der Waals surface area contributed by atoms with Crippen molar-refractivity contribution in [1.29, 1.82) is 0 Å². The monoisotopic (exact) mass is 349 g/mol. The van der Waals surface area contributed by atoms with Gasteiger partial charge >= 0.3 is 6.61 Å². The van der Waals surface area contributed by atoms with Crippen LogP contribution < -0.4 is 10.1 Å². The largest absolute Gasteiger partial charge is 0.434 e. The highest BCUT2D eigenvalue weighted by Gasteiger charge is 2.18. The van der Waals surface area contributed by atoms with Crippen molar-refractivity contribution in [2.24, 2.45) is 0 Å². The zero-order chi connectivity index (χ0) is 17.6. The molecule has 0 amide bonds. The van der Waals surface area contributed by atoms with E-state index in [0.717, 1.165) is 11.1 Å². The highest BCUT2D eigenvalue weighted by Crippen LogP contribution is 2.27. The van der Waals surface area contributed by atoms with Crippen molar-refractivity contribution in [3.8, 4) is 5.75 Å². The number of halogens is 2. The van der Waals surface area contributed by atoms with Crippen molar-refractivity contribution in [1.82, 2.24) is 5.32 Å². The molecule has 6 heteroatoms. The van der Waals surface area contributed by atoms with Crippen LogP contribution in [0.25, 0.3) is 0 Å². The van der Waals surface area contributed by atoms with Crippen LogP contribution in [0.1, 0.15) is 35.9 Å². The number of rotatable bonds is 7. The van der Waals surface area contributed by atoms with Crippen LogP contribution in [0.15, 0.2) is 48.5 Å². The molecule has 1 aliphatic heterocycles. The predicted molar refractivity (Wildman–Crippen MR) is 89.4 cm³/mol. The van der Waals surface area contributed by atoms with Crippen LogP contribution in [0, 0.1) is 0 Å². The molecule has 1 N–H and O–H groups in total. The Morgan fingerprint density at radius 3 is 2.44 bits per heavy atom. The van der Waals surface area contributed by atoms with E-state index in [0.29, 0.717) is 25.3 Å². The van der Waals surface area contributed by atoms with Gasteiger partial charge in [-0.2, -0.15) is 8.78 Å². The molecule has 1 heterocycles. The average Bonchev–Trinajstić information content (AvgIpc) is 3.15. The second kappa shape index (κ2) is 8.38. The number of nitrogens with one attached hydrogen (secondary N) is 1. The van der Waals surface area contributed by atoms with Crippen LogP contribution in [0.3, 0.4) is 0 Å². The third-order valence-corrected chi connectivity index (χ3v) is 4.09. The topological polar surface area (TPSA) is 39.7 Å². The van der Waals surface area contributed by atoms with Gasteiger partial charge < -0.3 is 19.5 Å². The Kier molecular flexibility index (Phi) is 5.96. The number of hydrogen-bond donors (Lipinski definition) is 1. The molecule has 0 aromatic heterocycles. The molecule has 1 atom stereocenters. The summed E-state index contributed by atoms with van der Waals surface area (Å²) >= 11 is 0. The standard InChI is InChI=1S/C19H21F2NO3/c1-13(16-4-2-3-5-17(16)25-19(20)21)22-12-14-6-8-15(9-7-14)18-23-10-11-24-18/h2-9,13,18-19,22H,10-12H2,1H3/t13-/m1/s1. The van der Waals surface area contributed by atoms with Crippen LogP contribution in [0.5, 0.6) is 5.75 Å². The van der Waals surface area contributed by atoms with E-state index in [1.165, 1.54) is 0 Å². The van der Waals surface area contributed by atoms with E-state index in [9.17, 15) is 8.78 Å². The molecular formula is C19H21F2NO3. The van der Waals surface area contributed by atoms with E-state index in [2.05, 4.69) is 10.1 Å². The maximum absolute atomic E-state index is 12.5. The Morgan fingerprint density at radius 2 is 1.76 bits per heavy atom. The van der Waals surface area contributed by atoms with Gasteiger partial charge in [0.2, 0.25) is 0 Å². The molecule has 134 valence electrons. The zero-order valence-electron chi connectivity index (χ0n) is 14.0. The summed E-state index contributed by atoms with van der Waals surface area (Å²) in [6.07, 6.45) is -0.278. The quantitative estimate of drug-likeness (QED) is 0.814. The molecule has 4 nitrogen and oxygen atoms in total. The highest BCUT2D eigenvalue weighted by atomic mass is 19.3. The molecule has 0 spiro atoms. The lowest BCUT2D eigenvalue weighted by molar-refractivity contribution is -0.0507. The van der Waals surface area contributed by atoms with E-state index in [4.69, 9.17) is 9.47 Å². The van der Waals surface area contributed by atoms with Crippen LogP contribution in [0.4, 0.5) is 8.78 Å². The van der Waals surface area contributed by atoms with Gasteiger partial charge in [-0.3, -0.25) is 0 Å². The van der Waals surface area contributed by atoms with Gasteiger partial charge in [-0.05, 0) is 18.6 Å². The Bertz CT molecular complexity index is 673.